The zero-order valence-electron chi connectivity index (χ0n) is 33.0. The molecule has 2 nitrogen and oxygen atoms in total. The lowest BCUT2D eigenvalue weighted by Crippen LogP contribution is -2.09. The van der Waals surface area contributed by atoms with E-state index in [1.165, 1.54) is 77.1 Å². The van der Waals surface area contributed by atoms with E-state index in [4.69, 9.17) is 0 Å². The van der Waals surface area contributed by atoms with Crippen molar-refractivity contribution in [1.29, 1.82) is 0 Å². The van der Waals surface area contributed by atoms with E-state index in [2.05, 4.69) is 252 Å². The first kappa shape index (κ1) is 35.2. The number of hydrogen-bond acceptors (Lipinski definition) is 1. The lowest BCUT2D eigenvalue weighted by molar-refractivity contribution is 1.18. The fraction of sp³-hybridized carbons (Fsp3) is 0. The maximum Gasteiger partial charge on any atom is 0.0547 e. The van der Waals surface area contributed by atoms with Crippen LogP contribution >= 0.6 is 0 Å². The Balaban J connectivity index is 0.940. The van der Waals surface area contributed by atoms with Crippen molar-refractivity contribution in [2.75, 3.05) is 4.90 Å². The van der Waals surface area contributed by atoms with Gasteiger partial charge in [-0.25, -0.2) is 0 Å². The van der Waals surface area contributed by atoms with Crippen LogP contribution in [-0.4, -0.2) is 4.57 Å². The Morgan fingerprint density at radius 2 is 0.683 bits per heavy atom. The topological polar surface area (TPSA) is 8.17 Å². The van der Waals surface area contributed by atoms with E-state index in [1.807, 2.05) is 0 Å². The van der Waals surface area contributed by atoms with Gasteiger partial charge in [0.15, 0.2) is 0 Å². The van der Waals surface area contributed by atoms with E-state index >= 15 is 0 Å². The van der Waals surface area contributed by atoms with Crippen molar-refractivity contribution in [3.8, 4) is 50.2 Å². The molecule has 1 heterocycles. The summed E-state index contributed by atoms with van der Waals surface area (Å²) in [5, 5.41) is 5.03. The Morgan fingerprint density at radius 3 is 1.25 bits per heavy atom. The molecule has 0 aliphatic rings. The van der Waals surface area contributed by atoms with Crippen molar-refractivity contribution in [2.24, 2.45) is 0 Å². The van der Waals surface area contributed by atoms with Crippen LogP contribution in [-0.2, 0) is 0 Å². The number of nitrogens with zero attached hydrogens (tertiary/aromatic N) is 2. The minimum atomic E-state index is 1.10. The lowest BCUT2D eigenvalue weighted by Gasteiger charge is -2.26. The monoisotopic (exact) mass is 764 g/mol. The molecule has 2 heteroatoms. The molecule has 0 radical (unpaired) electrons. The summed E-state index contributed by atoms with van der Waals surface area (Å²) in [6.45, 7) is 0. The maximum atomic E-state index is 2.41. The fourth-order valence-corrected chi connectivity index (χ4v) is 8.81. The molecule has 0 saturated carbocycles. The van der Waals surface area contributed by atoms with E-state index in [-0.39, 0.29) is 0 Å². The third-order valence-electron chi connectivity index (χ3n) is 11.8. The van der Waals surface area contributed by atoms with Gasteiger partial charge in [0.2, 0.25) is 0 Å². The molecular formula is C58H40N2. The highest BCUT2D eigenvalue weighted by atomic mass is 15.1. The van der Waals surface area contributed by atoms with Gasteiger partial charge in [0.1, 0.15) is 0 Å². The number of benzene rings is 10. The molecule has 0 amide bonds. The Morgan fingerprint density at radius 1 is 0.267 bits per heavy atom. The normalized spacial score (nSPS) is 11.3. The first-order chi connectivity index (χ1) is 29.7. The van der Waals surface area contributed by atoms with E-state index in [9.17, 15) is 0 Å². The first-order valence-electron chi connectivity index (χ1n) is 20.6. The van der Waals surface area contributed by atoms with Crippen LogP contribution in [0.3, 0.4) is 0 Å². The van der Waals surface area contributed by atoms with Crippen molar-refractivity contribution < 1.29 is 0 Å². The number of hydrogen-bond donors (Lipinski definition) is 0. The predicted molar refractivity (Wildman–Crippen MR) is 255 cm³/mol. The number of para-hydroxylation sites is 1. The molecule has 10 aromatic carbocycles. The number of aromatic nitrogens is 1. The summed E-state index contributed by atoms with van der Waals surface area (Å²) in [6.07, 6.45) is 0. The maximum absolute atomic E-state index is 2.41. The molecular weight excluding hydrogens is 725 g/mol. The highest BCUT2D eigenvalue weighted by Crippen LogP contribution is 2.40. The molecule has 282 valence electrons. The highest BCUT2D eigenvalue weighted by Gasteiger charge is 2.16. The van der Waals surface area contributed by atoms with Gasteiger partial charge in [0.05, 0.1) is 11.0 Å². The molecule has 1 aromatic heterocycles. The molecule has 11 aromatic rings. The highest BCUT2D eigenvalue weighted by molar-refractivity contribution is 6.11. The summed E-state index contributed by atoms with van der Waals surface area (Å²) in [5.41, 5.74) is 16.5. The Bertz CT molecular complexity index is 3170. The molecule has 0 spiro atoms. The van der Waals surface area contributed by atoms with Crippen LogP contribution in [0.25, 0.3) is 82.8 Å². The third-order valence-corrected chi connectivity index (χ3v) is 11.8. The zero-order chi connectivity index (χ0) is 39.8. The summed E-state index contributed by atoms with van der Waals surface area (Å²) >= 11 is 0. The van der Waals surface area contributed by atoms with Crippen LogP contribution in [0, 0.1) is 0 Å². The second-order valence-electron chi connectivity index (χ2n) is 15.4. The SMILES string of the molecule is c1ccc(-c2ccc(N(c3ccc(-c4ccccc4)cc3)c3ccc(-c4ccc(-n5c6ccccc6c6ccc(-c7cccc8ccccc78)cc65)cc4)cc3)cc2)cc1. The van der Waals surface area contributed by atoms with E-state index < -0.39 is 0 Å². The van der Waals surface area contributed by atoms with Crippen LogP contribution in [0.1, 0.15) is 0 Å². The van der Waals surface area contributed by atoms with Crippen LogP contribution in [0.2, 0.25) is 0 Å². The van der Waals surface area contributed by atoms with Crippen molar-refractivity contribution in [3.05, 3.63) is 243 Å². The second-order valence-corrected chi connectivity index (χ2v) is 15.4. The Kier molecular flexibility index (Phi) is 8.87. The summed E-state index contributed by atoms with van der Waals surface area (Å²) < 4.78 is 2.41. The van der Waals surface area contributed by atoms with Crippen LogP contribution in [0.5, 0.6) is 0 Å². The summed E-state index contributed by atoms with van der Waals surface area (Å²) in [6, 6.07) is 87.7. The quantitative estimate of drug-likeness (QED) is 0.150. The van der Waals surface area contributed by atoms with E-state index in [0.717, 1.165) is 22.7 Å². The molecule has 0 aliphatic heterocycles. The zero-order valence-corrected chi connectivity index (χ0v) is 33.0. The second kappa shape index (κ2) is 15.1. The lowest BCUT2D eigenvalue weighted by atomic mass is 9.97. The van der Waals surface area contributed by atoms with Crippen LogP contribution in [0.15, 0.2) is 243 Å². The predicted octanol–water partition coefficient (Wildman–Crippen LogP) is 16.1. The Labute approximate surface area is 350 Å². The molecule has 11 rings (SSSR count). The van der Waals surface area contributed by atoms with Crippen molar-refractivity contribution >= 4 is 49.6 Å². The molecule has 0 fully saturated rings. The van der Waals surface area contributed by atoms with Crippen molar-refractivity contribution in [2.45, 2.75) is 0 Å². The summed E-state index contributed by atoms with van der Waals surface area (Å²) in [5.74, 6) is 0. The molecule has 60 heavy (non-hydrogen) atoms. The van der Waals surface area contributed by atoms with Gasteiger partial charge in [-0.15, -0.1) is 0 Å². The molecule has 0 aliphatic carbocycles. The van der Waals surface area contributed by atoms with Crippen molar-refractivity contribution in [3.63, 3.8) is 0 Å². The average molecular weight is 765 g/mol. The smallest absolute Gasteiger partial charge is 0.0547 e. The number of fused-ring (bicyclic) bond motifs is 4. The van der Waals surface area contributed by atoms with Crippen LogP contribution in [0.4, 0.5) is 17.1 Å². The molecule has 0 atom stereocenters. The van der Waals surface area contributed by atoms with Gasteiger partial charge in [0, 0.05) is 33.5 Å². The fourth-order valence-electron chi connectivity index (χ4n) is 8.81. The largest absolute Gasteiger partial charge is 0.311 e. The van der Waals surface area contributed by atoms with Gasteiger partial charge in [-0.3, -0.25) is 0 Å². The van der Waals surface area contributed by atoms with Crippen molar-refractivity contribution in [1.82, 2.24) is 4.57 Å². The number of rotatable bonds is 8. The van der Waals surface area contributed by atoms with E-state index in [0.29, 0.717) is 0 Å². The molecule has 0 unspecified atom stereocenters. The van der Waals surface area contributed by atoms with Gasteiger partial charge >= 0.3 is 0 Å². The van der Waals surface area contributed by atoms with Gasteiger partial charge in [-0.1, -0.05) is 182 Å². The third kappa shape index (κ3) is 6.41. The summed E-state index contributed by atoms with van der Waals surface area (Å²) in [4.78, 5) is 2.34. The van der Waals surface area contributed by atoms with Gasteiger partial charge in [0.25, 0.3) is 0 Å². The average Bonchev–Trinajstić information content (AvgIpc) is 3.66. The van der Waals surface area contributed by atoms with Gasteiger partial charge < -0.3 is 9.47 Å². The standard InChI is InChI=1S/C58H40N2/c1-3-12-41(13-4-1)43-22-31-49(32-23-43)59(50-33-24-44(25-34-50)42-14-5-2-6-15-42)51-35-26-45(27-36-51)46-28-37-52(38-29-46)60-57-21-10-9-19-55(57)56-39-30-48(40-58(56)60)54-20-11-17-47-16-7-8-18-53(47)54/h1-40H. The van der Waals surface area contributed by atoms with Gasteiger partial charge in [-0.05, 0) is 116 Å². The Hall–Kier alpha value is -7.94. The van der Waals surface area contributed by atoms with Gasteiger partial charge in [-0.2, -0.15) is 0 Å². The minimum absolute atomic E-state index is 1.10. The molecule has 0 saturated heterocycles. The van der Waals surface area contributed by atoms with Crippen LogP contribution < -0.4 is 4.90 Å². The minimum Gasteiger partial charge on any atom is -0.311 e. The molecule has 0 N–H and O–H groups in total. The number of anilines is 3. The first-order valence-corrected chi connectivity index (χ1v) is 20.6. The van der Waals surface area contributed by atoms with E-state index in [1.54, 1.807) is 0 Å². The summed E-state index contributed by atoms with van der Waals surface area (Å²) in [7, 11) is 0. The molecule has 0 bridgehead atoms.